The van der Waals surface area contributed by atoms with Crippen LogP contribution in [0, 0.1) is 17.0 Å². The summed E-state index contributed by atoms with van der Waals surface area (Å²) < 4.78 is 40.7. The van der Waals surface area contributed by atoms with Crippen LogP contribution in [0.3, 0.4) is 0 Å². The summed E-state index contributed by atoms with van der Waals surface area (Å²) in [5.74, 6) is -1.27. The van der Waals surface area contributed by atoms with Gasteiger partial charge in [0.2, 0.25) is 6.29 Å². The highest BCUT2D eigenvalue weighted by Crippen LogP contribution is 2.24. The fraction of sp³-hybridized carbons (Fsp3) is 0.250. The minimum absolute atomic E-state index is 0.0134. The Morgan fingerprint density at radius 1 is 1.08 bits per heavy atom. The second kappa shape index (κ2) is 10.4. The van der Waals surface area contributed by atoms with Gasteiger partial charge >= 0.3 is 0 Å². The third-order valence-electron chi connectivity index (χ3n) is 5.97. The Bertz CT molecular complexity index is 1540. The molecular formula is C24H22F2N6O6. The molecule has 0 spiro atoms. The molecule has 1 saturated heterocycles. The van der Waals surface area contributed by atoms with Crippen LogP contribution in [0.25, 0.3) is 16.7 Å². The highest BCUT2D eigenvalue weighted by atomic mass is 19.1. The maximum atomic E-state index is 14.2. The minimum atomic E-state index is -1.55. The van der Waals surface area contributed by atoms with Crippen molar-refractivity contribution in [2.24, 2.45) is 5.10 Å². The van der Waals surface area contributed by atoms with Gasteiger partial charge in [-0.2, -0.15) is 10.2 Å². The first-order valence-corrected chi connectivity index (χ1v) is 11.3. The fourth-order valence-electron chi connectivity index (χ4n) is 3.90. The second-order valence-electron chi connectivity index (χ2n) is 8.46. The number of hydrogen-bond donors (Lipinski definition) is 5. The summed E-state index contributed by atoms with van der Waals surface area (Å²) in [4.78, 5) is 4.22. The number of benzene rings is 2. The van der Waals surface area contributed by atoms with Crippen LogP contribution in [0.2, 0.25) is 0 Å². The average Bonchev–Trinajstić information content (AvgIpc) is 3.34. The molecular weight excluding hydrogens is 506 g/mol. The number of halogens is 2. The molecule has 4 aromatic rings. The monoisotopic (exact) mass is 528 g/mol. The van der Waals surface area contributed by atoms with Crippen molar-refractivity contribution in [1.82, 2.24) is 19.4 Å². The van der Waals surface area contributed by atoms with Crippen molar-refractivity contribution in [3.8, 4) is 11.4 Å². The quantitative estimate of drug-likeness (QED) is 0.218. The van der Waals surface area contributed by atoms with Gasteiger partial charge < -0.3 is 29.9 Å². The number of nitrogens with zero attached hydrogens (tertiary/aromatic N) is 5. The van der Waals surface area contributed by atoms with Crippen LogP contribution < -0.4 is 10.2 Å². The third-order valence-corrected chi connectivity index (χ3v) is 5.97. The zero-order chi connectivity index (χ0) is 27.0. The van der Waals surface area contributed by atoms with Crippen LogP contribution in [-0.2, 0) is 4.74 Å². The van der Waals surface area contributed by atoms with Crippen LogP contribution in [0.15, 0.2) is 60.1 Å². The molecule has 0 bridgehead atoms. The van der Waals surface area contributed by atoms with Gasteiger partial charge in [-0.15, -0.1) is 0 Å². The van der Waals surface area contributed by atoms with Crippen molar-refractivity contribution in [1.29, 1.82) is 5.41 Å². The normalized spacial score (nSPS) is 23.8. The van der Waals surface area contributed by atoms with E-state index in [1.54, 1.807) is 24.3 Å². The van der Waals surface area contributed by atoms with Gasteiger partial charge in [0.1, 0.15) is 48.0 Å². The predicted molar refractivity (Wildman–Crippen MR) is 126 cm³/mol. The maximum Gasteiger partial charge on any atom is 0.229 e. The number of hydrogen-bond acceptors (Lipinski definition) is 10. The molecule has 2 aromatic carbocycles. The van der Waals surface area contributed by atoms with Gasteiger partial charge in [0.05, 0.1) is 24.4 Å². The maximum absolute atomic E-state index is 14.2. The SMILES string of the molecule is N=c1c2cnn(-c3ccc(F)cc3F)c2ncn1N=Cc1ccc(OC2OC(CO)C(O)C(O)C2O)cc1. The van der Waals surface area contributed by atoms with Crippen LogP contribution in [0.5, 0.6) is 5.75 Å². The molecule has 5 N–H and O–H groups in total. The van der Waals surface area contributed by atoms with Crippen molar-refractivity contribution in [2.75, 3.05) is 6.61 Å². The smallest absolute Gasteiger partial charge is 0.229 e. The van der Waals surface area contributed by atoms with Gasteiger partial charge in [-0.05, 0) is 42.0 Å². The number of rotatable bonds is 6. The highest BCUT2D eigenvalue weighted by Gasteiger charge is 2.44. The van der Waals surface area contributed by atoms with E-state index in [1.807, 2.05) is 0 Å². The zero-order valence-corrected chi connectivity index (χ0v) is 19.5. The van der Waals surface area contributed by atoms with Gasteiger partial charge in [0, 0.05) is 6.07 Å². The van der Waals surface area contributed by atoms with Crippen LogP contribution in [-0.4, -0.2) is 83.4 Å². The number of aromatic nitrogens is 4. The molecule has 1 aliphatic rings. The van der Waals surface area contributed by atoms with Crippen LogP contribution in [0.4, 0.5) is 8.78 Å². The summed E-state index contributed by atoms with van der Waals surface area (Å²) in [5.41, 5.74) is 0.729. The first-order valence-electron chi connectivity index (χ1n) is 11.3. The Hall–Kier alpha value is -4.08. The summed E-state index contributed by atoms with van der Waals surface area (Å²) in [6.07, 6.45) is -2.93. The van der Waals surface area contributed by atoms with Gasteiger partial charge in [-0.25, -0.2) is 23.1 Å². The van der Waals surface area contributed by atoms with Crippen molar-refractivity contribution >= 4 is 17.2 Å². The molecule has 1 aliphatic heterocycles. The van der Waals surface area contributed by atoms with E-state index >= 15 is 0 Å². The molecule has 0 amide bonds. The Morgan fingerprint density at radius 2 is 1.84 bits per heavy atom. The lowest BCUT2D eigenvalue weighted by Gasteiger charge is -2.39. The second-order valence-corrected chi connectivity index (χ2v) is 8.46. The van der Waals surface area contributed by atoms with E-state index in [4.69, 9.17) is 14.9 Å². The molecule has 1 fully saturated rings. The molecule has 3 heterocycles. The van der Waals surface area contributed by atoms with Gasteiger partial charge in [-0.3, -0.25) is 5.41 Å². The van der Waals surface area contributed by atoms with Gasteiger partial charge in [-0.1, -0.05) is 0 Å². The van der Waals surface area contributed by atoms with E-state index in [1.165, 1.54) is 34.2 Å². The lowest BCUT2D eigenvalue weighted by molar-refractivity contribution is -0.277. The Kier molecular flexibility index (Phi) is 6.96. The summed E-state index contributed by atoms with van der Waals surface area (Å²) in [6.45, 7) is -0.569. The number of aliphatic hydroxyl groups is 4. The van der Waals surface area contributed by atoms with E-state index in [-0.39, 0.29) is 28.0 Å². The average molecular weight is 528 g/mol. The van der Waals surface area contributed by atoms with E-state index < -0.39 is 48.9 Å². The van der Waals surface area contributed by atoms with Crippen LogP contribution >= 0.6 is 0 Å². The molecule has 0 aliphatic carbocycles. The largest absolute Gasteiger partial charge is 0.462 e. The number of nitrogens with one attached hydrogen (secondary N) is 1. The van der Waals surface area contributed by atoms with Gasteiger partial charge in [0.15, 0.2) is 17.0 Å². The van der Waals surface area contributed by atoms with Crippen molar-refractivity contribution in [3.63, 3.8) is 0 Å². The zero-order valence-electron chi connectivity index (χ0n) is 19.5. The van der Waals surface area contributed by atoms with E-state index in [0.717, 1.165) is 12.1 Å². The van der Waals surface area contributed by atoms with E-state index in [2.05, 4.69) is 15.2 Å². The molecule has 5 rings (SSSR count). The molecule has 14 heteroatoms. The fourth-order valence-corrected chi connectivity index (χ4v) is 3.90. The third kappa shape index (κ3) is 4.78. The Morgan fingerprint density at radius 3 is 2.55 bits per heavy atom. The molecule has 0 radical (unpaired) electrons. The Balaban J connectivity index is 1.32. The molecule has 0 saturated carbocycles. The predicted octanol–water partition coefficient (Wildman–Crippen LogP) is 0.0406. The first-order chi connectivity index (χ1) is 18.3. The molecule has 5 atom stereocenters. The number of ether oxygens (including phenoxy) is 2. The molecule has 12 nitrogen and oxygen atoms in total. The van der Waals surface area contributed by atoms with Crippen molar-refractivity contribution in [3.05, 3.63) is 77.7 Å². The van der Waals surface area contributed by atoms with Crippen molar-refractivity contribution < 1.29 is 38.7 Å². The summed E-state index contributed by atoms with van der Waals surface area (Å²) in [7, 11) is 0. The van der Waals surface area contributed by atoms with Crippen molar-refractivity contribution in [2.45, 2.75) is 30.7 Å². The summed E-state index contributed by atoms with van der Waals surface area (Å²) in [6, 6.07) is 9.43. The molecule has 2 aromatic heterocycles. The Labute approximate surface area is 212 Å². The lowest BCUT2D eigenvalue weighted by atomic mass is 9.99. The van der Waals surface area contributed by atoms with Gasteiger partial charge in [0.25, 0.3) is 0 Å². The molecule has 38 heavy (non-hydrogen) atoms. The summed E-state index contributed by atoms with van der Waals surface area (Å²) >= 11 is 0. The topological polar surface area (TPSA) is 171 Å². The lowest BCUT2D eigenvalue weighted by Crippen LogP contribution is -2.60. The molecule has 5 unspecified atom stereocenters. The minimum Gasteiger partial charge on any atom is -0.462 e. The number of aliphatic hydroxyl groups excluding tert-OH is 4. The molecule has 198 valence electrons. The standard InChI is InChI=1S/C24H22F2N6O6/c25-13-3-6-17(16(26)7-13)32-23-15(9-30-32)22(27)31(11-28-23)29-8-12-1-4-14(5-2-12)37-24-21(36)20(35)19(34)18(10-33)38-24/h1-9,11,18-21,24,27,33-36H,10H2. The first kappa shape index (κ1) is 25.6. The van der Waals surface area contributed by atoms with E-state index in [9.17, 15) is 29.2 Å². The number of fused-ring (bicyclic) bond motifs is 1. The highest BCUT2D eigenvalue weighted by molar-refractivity contribution is 5.80. The van der Waals surface area contributed by atoms with Crippen LogP contribution in [0.1, 0.15) is 5.56 Å². The van der Waals surface area contributed by atoms with E-state index in [0.29, 0.717) is 5.56 Å². The summed E-state index contributed by atoms with van der Waals surface area (Å²) in [5, 5.41) is 56.2.